The number of carbonyl (C=O) groups is 1. The zero-order chi connectivity index (χ0) is 15.2. The lowest BCUT2D eigenvalue weighted by Crippen LogP contribution is -2.11. The molecule has 0 spiro atoms. The fraction of sp³-hybridized carbons (Fsp3) is 0.375. The minimum absolute atomic E-state index is 0.0294. The Kier molecular flexibility index (Phi) is 5.39. The molecule has 4 nitrogen and oxygen atoms in total. The highest BCUT2D eigenvalue weighted by atomic mass is 35.5. The molecule has 1 aromatic heterocycles. The quantitative estimate of drug-likeness (QED) is 0.731. The first kappa shape index (κ1) is 15.6. The maximum atomic E-state index is 12.3. The molecule has 0 unspecified atom stereocenters. The molecule has 0 saturated carbocycles. The molecule has 0 aliphatic heterocycles. The highest BCUT2D eigenvalue weighted by Gasteiger charge is 2.16. The molecule has 21 heavy (non-hydrogen) atoms. The monoisotopic (exact) mass is 306 g/mol. The topological polar surface area (TPSA) is 44.1 Å². The average molecular weight is 307 g/mol. The molecule has 5 heteroatoms. The summed E-state index contributed by atoms with van der Waals surface area (Å²) < 4.78 is 6.81. The second-order valence-electron chi connectivity index (χ2n) is 4.84. The van der Waals surface area contributed by atoms with Crippen LogP contribution < -0.4 is 4.74 Å². The number of hydrogen-bond acceptors (Lipinski definition) is 3. The van der Waals surface area contributed by atoms with Crippen LogP contribution in [0.2, 0.25) is 5.02 Å². The summed E-state index contributed by atoms with van der Waals surface area (Å²) in [6.07, 6.45) is 3.55. The van der Waals surface area contributed by atoms with Gasteiger partial charge >= 0.3 is 0 Å². The van der Waals surface area contributed by atoms with Gasteiger partial charge in [0.25, 0.3) is 0 Å². The van der Waals surface area contributed by atoms with Crippen LogP contribution >= 0.6 is 11.6 Å². The first-order chi connectivity index (χ1) is 10.2. The van der Waals surface area contributed by atoms with E-state index >= 15 is 0 Å². The van der Waals surface area contributed by atoms with Crippen molar-refractivity contribution in [2.75, 3.05) is 7.11 Å². The lowest BCUT2D eigenvalue weighted by Gasteiger charge is -2.06. The molecular weight excluding hydrogens is 288 g/mol. The Labute approximate surface area is 129 Å². The Morgan fingerprint density at radius 2 is 2.05 bits per heavy atom. The number of carbonyl (C=O) groups excluding carboxylic acids is 1. The zero-order valence-electron chi connectivity index (χ0n) is 12.3. The zero-order valence-corrected chi connectivity index (χ0v) is 13.1. The molecule has 0 radical (unpaired) electrons. The first-order valence-electron chi connectivity index (χ1n) is 7.03. The molecule has 0 amide bonds. The van der Waals surface area contributed by atoms with Crippen molar-refractivity contribution in [3.05, 3.63) is 46.7 Å². The number of aryl methyl sites for hydroxylation is 2. The van der Waals surface area contributed by atoms with Crippen molar-refractivity contribution in [3.8, 4) is 5.75 Å². The third-order valence-corrected chi connectivity index (χ3v) is 3.57. The van der Waals surface area contributed by atoms with E-state index in [1.807, 2.05) is 31.2 Å². The van der Waals surface area contributed by atoms with Gasteiger partial charge in [-0.2, -0.15) is 5.10 Å². The summed E-state index contributed by atoms with van der Waals surface area (Å²) in [5, 5.41) is 4.59. The van der Waals surface area contributed by atoms with Crippen LogP contribution in [0.5, 0.6) is 5.75 Å². The normalized spacial score (nSPS) is 10.6. The van der Waals surface area contributed by atoms with Crippen molar-refractivity contribution in [2.45, 2.75) is 32.7 Å². The molecule has 0 bridgehead atoms. The number of hydrogen-bond donors (Lipinski definition) is 0. The summed E-state index contributed by atoms with van der Waals surface area (Å²) in [5.74, 6) is 0.843. The van der Waals surface area contributed by atoms with Crippen LogP contribution in [0.3, 0.4) is 0 Å². The molecule has 1 heterocycles. The smallest absolute Gasteiger partial charge is 0.182 e. The number of halogens is 1. The third-order valence-electron chi connectivity index (χ3n) is 3.29. The van der Waals surface area contributed by atoms with Gasteiger partial charge in [-0.1, -0.05) is 30.7 Å². The van der Waals surface area contributed by atoms with Crippen LogP contribution in [-0.2, 0) is 13.0 Å². The number of aromatic nitrogens is 2. The number of methoxy groups -OCH3 is 1. The summed E-state index contributed by atoms with van der Waals surface area (Å²) in [4.78, 5) is 12.3. The number of nitrogens with zero attached hydrogens (tertiary/aromatic N) is 2. The number of benzene rings is 1. The molecule has 0 saturated heterocycles. The van der Waals surface area contributed by atoms with Crippen molar-refractivity contribution in [1.29, 1.82) is 0 Å². The summed E-state index contributed by atoms with van der Waals surface area (Å²) in [6, 6.07) is 7.73. The lowest BCUT2D eigenvalue weighted by atomic mass is 10.1. The molecule has 2 aromatic rings. The number of ketones is 1. The van der Waals surface area contributed by atoms with Gasteiger partial charge in [0, 0.05) is 13.0 Å². The maximum Gasteiger partial charge on any atom is 0.182 e. The van der Waals surface area contributed by atoms with Gasteiger partial charge in [0.05, 0.1) is 18.3 Å². The van der Waals surface area contributed by atoms with E-state index in [2.05, 4.69) is 5.10 Å². The minimum atomic E-state index is 0.0294. The second-order valence-corrected chi connectivity index (χ2v) is 5.24. The molecule has 0 atom stereocenters. The Morgan fingerprint density at radius 3 is 2.67 bits per heavy atom. The van der Waals surface area contributed by atoms with Crippen molar-refractivity contribution >= 4 is 17.4 Å². The van der Waals surface area contributed by atoms with Crippen molar-refractivity contribution in [2.24, 2.45) is 0 Å². The summed E-state index contributed by atoms with van der Waals surface area (Å²) in [5.41, 5.74) is 1.62. The Morgan fingerprint density at radius 1 is 1.33 bits per heavy atom. The third kappa shape index (κ3) is 3.85. The second kappa shape index (κ2) is 7.27. The molecule has 0 aliphatic rings. The van der Waals surface area contributed by atoms with E-state index in [0.717, 1.165) is 17.7 Å². The molecule has 2 rings (SSSR count). The van der Waals surface area contributed by atoms with E-state index < -0.39 is 0 Å². The SMILES string of the molecule is CCCn1ncc(Cl)c1C(=O)CCc1ccc(OC)cc1. The minimum Gasteiger partial charge on any atom is -0.497 e. The van der Waals surface area contributed by atoms with Crippen LogP contribution in [-0.4, -0.2) is 22.7 Å². The van der Waals surface area contributed by atoms with Crippen LogP contribution in [0, 0.1) is 0 Å². The molecular formula is C16H19ClN2O2. The van der Waals surface area contributed by atoms with Gasteiger partial charge in [0.1, 0.15) is 11.4 Å². The number of rotatable bonds is 7. The van der Waals surface area contributed by atoms with E-state index in [1.165, 1.54) is 6.20 Å². The van der Waals surface area contributed by atoms with Gasteiger partial charge < -0.3 is 4.74 Å². The van der Waals surface area contributed by atoms with Gasteiger partial charge in [-0.15, -0.1) is 0 Å². The summed E-state index contributed by atoms with van der Waals surface area (Å²) in [7, 11) is 1.63. The Bertz CT molecular complexity index is 605. The lowest BCUT2D eigenvalue weighted by molar-refractivity contribution is 0.0972. The van der Waals surface area contributed by atoms with E-state index in [0.29, 0.717) is 30.1 Å². The molecule has 0 fully saturated rings. The van der Waals surface area contributed by atoms with E-state index in [-0.39, 0.29) is 5.78 Å². The highest BCUT2D eigenvalue weighted by Crippen LogP contribution is 2.19. The van der Waals surface area contributed by atoms with Gasteiger partial charge in [-0.05, 0) is 30.5 Å². The van der Waals surface area contributed by atoms with Gasteiger partial charge in [-0.3, -0.25) is 9.48 Å². The van der Waals surface area contributed by atoms with Crippen LogP contribution in [0.4, 0.5) is 0 Å². The Balaban J connectivity index is 2.02. The summed E-state index contributed by atoms with van der Waals surface area (Å²) >= 11 is 6.08. The molecule has 1 aromatic carbocycles. The first-order valence-corrected chi connectivity index (χ1v) is 7.41. The molecule has 112 valence electrons. The van der Waals surface area contributed by atoms with Crippen LogP contribution in [0.15, 0.2) is 30.5 Å². The average Bonchev–Trinajstić information content (AvgIpc) is 2.86. The van der Waals surface area contributed by atoms with Gasteiger partial charge in [0.2, 0.25) is 0 Å². The molecule has 0 N–H and O–H groups in total. The number of Topliss-reactive ketones (excluding diaryl/α,β-unsaturated/α-hetero) is 1. The van der Waals surface area contributed by atoms with Crippen molar-refractivity contribution < 1.29 is 9.53 Å². The van der Waals surface area contributed by atoms with Crippen LogP contribution in [0.1, 0.15) is 35.8 Å². The maximum absolute atomic E-state index is 12.3. The largest absolute Gasteiger partial charge is 0.497 e. The van der Waals surface area contributed by atoms with Crippen molar-refractivity contribution in [1.82, 2.24) is 9.78 Å². The number of ether oxygens (including phenoxy) is 1. The van der Waals surface area contributed by atoms with E-state index in [4.69, 9.17) is 16.3 Å². The van der Waals surface area contributed by atoms with Gasteiger partial charge in [-0.25, -0.2) is 0 Å². The van der Waals surface area contributed by atoms with E-state index in [1.54, 1.807) is 11.8 Å². The van der Waals surface area contributed by atoms with Gasteiger partial charge in [0.15, 0.2) is 5.78 Å². The fourth-order valence-corrected chi connectivity index (χ4v) is 2.44. The van der Waals surface area contributed by atoms with Crippen molar-refractivity contribution in [3.63, 3.8) is 0 Å². The highest BCUT2D eigenvalue weighted by molar-refractivity contribution is 6.33. The summed E-state index contributed by atoms with van der Waals surface area (Å²) in [6.45, 7) is 2.75. The standard InChI is InChI=1S/C16H19ClN2O2/c1-3-10-19-16(14(17)11-18-19)15(20)9-6-12-4-7-13(21-2)8-5-12/h4-5,7-8,11H,3,6,9-10H2,1-2H3. The Hall–Kier alpha value is -1.81. The fourth-order valence-electron chi connectivity index (χ4n) is 2.19. The van der Waals surface area contributed by atoms with E-state index in [9.17, 15) is 4.79 Å². The molecule has 0 aliphatic carbocycles. The predicted octanol–water partition coefficient (Wildman–Crippen LogP) is 3.77. The predicted molar refractivity (Wildman–Crippen MR) is 83.2 cm³/mol. The van der Waals surface area contributed by atoms with Crippen LogP contribution in [0.25, 0.3) is 0 Å².